The van der Waals surface area contributed by atoms with E-state index in [0.717, 1.165) is 11.8 Å². The van der Waals surface area contributed by atoms with Crippen LogP contribution in [0.15, 0.2) is 18.2 Å². The fourth-order valence-corrected chi connectivity index (χ4v) is 2.33. The van der Waals surface area contributed by atoms with Gasteiger partial charge in [0.2, 0.25) is 0 Å². The van der Waals surface area contributed by atoms with E-state index in [9.17, 15) is 25.1 Å². The number of nitrogens with zero attached hydrogens (tertiary/aromatic N) is 1. The van der Waals surface area contributed by atoms with Gasteiger partial charge in [-0.2, -0.15) is 0 Å². The van der Waals surface area contributed by atoms with E-state index in [4.69, 9.17) is 11.6 Å². The SMILES string of the molecule is CC(=O)SCC(O)C(O)c1c(Cl)cccc1[N+](=O)[O-]. The average Bonchev–Trinajstić information content (AvgIpc) is 2.34. The molecule has 0 radical (unpaired) electrons. The van der Waals surface area contributed by atoms with E-state index < -0.39 is 17.1 Å². The summed E-state index contributed by atoms with van der Waals surface area (Å²) in [7, 11) is 0. The zero-order chi connectivity index (χ0) is 14.6. The van der Waals surface area contributed by atoms with Crippen molar-refractivity contribution in [3.63, 3.8) is 0 Å². The number of hydrogen-bond acceptors (Lipinski definition) is 6. The fourth-order valence-electron chi connectivity index (χ4n) is 1.46. The number of carbonyl (C=O) groups is 1. The second-order valence-corrected chi connectivity index (χ2v) is 5.35. The summed E-state index contributed by atoms with van der Waals surface area (Å²) >= 11 is 6.65. The molecule has 0 saturated heterocycles. The normalized spacial score (nSPS) is 13.9. The molecule has 2 N–H and O–H groups in total. The van der Waals surface area contributed by atoms with Crippen molar-refractivity contribution in [2.24, 2.45) is 0 Å². The van der Waals surface area contributed by atoms with Crippen molar-refractivity contribution in [3.8, 4) is 0 Å². The summed E-state index contributed by atoms with van der Waals surface area (Å²) in [5.41, 5.74) is -0.516. The Labute approximate surface area is 118 Å². The van der Waals surface area contributed by atoms with E-state index in [2.05, 4.69) is 0 Å². The Morgan fingerprint density at radius 1 is 1.53 bits per heavy atom. The Morgan fingerprint density at radius 3 is 2.68 bits per heavy atom. The van der Waals surface area contributed by atoms with E-state index >= 15 is 0 Å². The van der Waals surface area contributed by atoms with Gasteiger partial charge in [0.15, 0.2) is 5.12 Å². The Hall–Kier alpha value is -1.15. The fraction of sp³-hybridized carbons (Fsp3) is 0.364. The van der Waals surface area contributed by atoms with E-state index in [0.29, 0.717) is 0 Å². The van der Waals surface area contributed by atoms with E-state index in [1.807, 2.05) is 0 Å². The second kappa shape index (κ2) is 6.85. The number of rotatable bonds is 5. The molecule has 8 heteroatoms. The minimum absolute atomic E-state index is 0.00595. The molecule has 0 saturated carbocycles. The molecule has 0 aromatic heterocycles. The Balaban J connectivity index is 3.01. The third-order valence-electron chi connectivity index (χ3n) is 2.34. The van der Waals surface area contributed by atoms with E-state index in [1.54, 1.807) is 0 Å². The summed E-state index contributed by atoms with van der Waals surface area (Å²) in [6.07, 6.45) is -2.85. The monoisotopic (exact) mass is 305 g/mol. The van der Waals surface area contributed by atoms with Crippen LogP contribution in [0.1, 0.15) is 18.6 Å². The number of benzene rings is 1. The Kier molecular flexibility index (Phi) is 5.74. The molecular weight excluding hydrogens is 294 g/mol. The molecule has 2 unspecified atom stereocenters. The summed E-state index contributed by atoms with van der Waals surface area (Å²) in [6, 6.07) is 3.96. The van der Waals surface area contributed by atoms with Gasteiger partial charge in [-0.1, -0.05) is 29.4 Å². The summed E-state index contributed by atoms with van der Waals surface area (Å²) in [5, 5.41) is 30.3. The molecule has 0 fully saturated rings. The maximum absolute atomic E-state index is 10.9. The average molecular weight is 306 g/mol. The van der Waals surface area contributed by atoms with Crippen LogP contribution >= 0.6 is 23.4 Å². The standard InChI is InChI=1S/C11H12ClNO5S/c1-6(14)19-5-9(15)11(16)10-7(12)3-2-4-8(10)13(17)18/h2-4,9,11,15-16H,5H2,1H3. The zero-order valence-electron chi connectivity index (χ0n) is 9.95. The molecule has 0 heterocycles. The lowest BCUT2D eigenvalue weighted by Gasteiger charge is -2.18. The summed E-state index contributed by atoms with van der Waals surface area (Å²) in [4.78, 5) is 21.0. The minimum Gasteiger partial charge on any atom is -0.389 e. The number of nitro benzene ring substituents is 1. The molecule has 19 heavy (non-hydrogen) atoms. The number of halogens is 1. The highest BCUT2D eigenvalue weighted by Crippen LogP contribution is 2.34. The molecule has 1 rings (SSSR count). The van der Waals surface area contributed by atoms with Crippen molar-refractivity contribution < 1.29 is 19.9 Å². The number of carbonyl (C=O) groups excluding carboxylic acids is 1. The lowest BCUT2D eigenvalue weighted by atomic mass is 10.0. The molecular formula is C11H12ClNO5S. The highest BCUT2D eigenvalue weighted by atomic mass is 35.5. The molecule has 0 amide bonds. The Bertz CT molecular complexity index is 496. The first-order valence-corrected chi connectivity index (χ1v) is 6.63. The van der Waals surface area contributed by atoms with Gasteiger partial charge in [0, 0.05) is 18.7 Å². The number of aliphatic hydroxyl groups excluding tert-OH is 2. The van der Waals surface area contributed by atoms with Gasteiger partial charge in [0.1, 0.15) is 6.10 Å². The van der Waals surface area contributed by atoms with Crippen LogP contribution in [0.3, 0.4) is 0 Å². The van der Waals surface area contributed by atoms with Gasteiger partial charge in [0.25, 0.3) is 5.69 Å². The van der Waals surface area contributed by atoms with Crippen LogP contribution in [0, 0.1) is 10.1 Å². The largest absolute Gasteiger partial charge is 0.389 e. The molecule has 0 aliphatic rings. The first kappa shape index (κ1) is 15.9. The van der Waals surface area contributed by atoms with Crippen molar-refractivity contribution in [1.29, 1.82) is 0 Å². The van der Waals surface area contributed by atoms with Crippen molar-refractivity contribution in [2.45, 2.75) is 19.1 Å². The third-order valence-corrected chi connectivity index (χ3v) is 3.59. The van der Waals surface area contributed by atoms with Crippen LogP contribution in [-0.4, -0.2) is 32.1 Å². The van der Waals surface area contributed by atoms with E-state index in [1.165, 1.54) is 25.1 Å². The molecule has 1 aromatic rings. The van der Waals surface area contributed by atoms with Crippen molar-refractivity contribution >= 4 is 34.2 Å². The molecule has 2 atom stereocenters. The van der Waals surface area contributed by atoms with Gasteiger partial charge < -0.3 is 10.2 Å². The van der Waals surface area contributed by atoms with Gasteiger partial charge in [-0.05, 0) is 6.07 Å². The van der Waals surface area contributed by atoms with E-state index in [-0.39, 0.29) is 27.1 Å². The number of aliphatic hydroxyl groups is 2. The molecule has 6 nitrogen and oxygen atoms in total. The summed E-state index contributed by atoms with van der Waals surface area (Å²) in [6.45, 7) is 1.32. The summed E-state index contributed by atoms with van der Waals surface area (Å²) < 4.78 is 0. The van der Waals surface area contributed by atoms with Gasteiger partial charge >= 0.3 is 0 Å². The molecule has 0 spiro atoms. The van der Waals surface area contributed by atoms with Crippen LogP contribution in [0.4, 0.5) is 5.69 Å². The lowest BCUT2D eigenvalue weighted by molar-refractivity contribution is -0.386. The quantitative estimate of drug-likeness (QED) is 0.636. The van der Waals surface area contributed by atoms with Crippen molar-refractivity contribution in [3.05, 3.63) is 38.9 Å². The highest BCUT2D eigenvalue weighted by Gasteiger charge is 2.28. The van der Waals surface area contributed by atoms with Crippen molar-refractivity contribution in [2.75, 3.05) is 5.75 Å². The molecule has 0 aliphatic carbocycles. The number of nitro groups is 1. The maximum Gasteiger partial charge on any atom is 0.276 e. The van der Waals surface area contributed by atoms with Crippen molar-refractivity contribution in [1.82, 2.24) is 0 Å². The maximum atomic E-state index is 10.9. The van der Waals surface area contributed by atoms with Gasteiger partial charge in [-0.3, -0.25) is 14.9 Å². The topological polar surface area (TPSA) is 101 Å². The lowest BCUT2D eigenvalue weighted by Crippen LogP contribution is -2.22. The van der Waals surface area contributed by atoms with Crippen LogP contribution in [0.25, 0.3) is 0 Å². The van der Waals surface area contributed by atoms with Gasteiger partial charge in [-0.25, -0.2) is 0 Å². The minimum atomic E-state index is -1.53. The number of thioether (sulfide) groups is 1. The molecule has 0 bridgehead atoms. The first-order chi connectivity index (χ1) is 8.84. The van der Waals surface area contributed by atoms with Crippen LogP contribution in [0.5, 0.6) is 0 Å². The summed E-state index contributed by atoms with van der Waals surface area (Å²) in [5.74, 6) is -0.0706. The zero-order valence-corrected chi connectivity index (χ0v) is 11.5. The predicted octanol–water partition coefficient (Wildman–Crippen LogP) is 1.92. The van der Waals surface area contributed by atoms with Gasteiger partial charge in [0.05, 0.1) is 21.6 Å². The first-order valence-electron chi connectivity index (χ1n) is 5.27. The van der Waals surface area contributed by atoms with Gasteiger partial charge in [-0.15, -0.1) is 0 Å². The Morgan fingerprint density at radius 2 is 2.16 bits per heavy atom. The molecule has 0 aliphatic heterocycles. The van der Waals surface area contributed by atoms with Crippen LogP contribution in [0.2, 0.25) is 5.02 Å². The van der Waals surface area contributed by atoms with Crippen LogP contribution < -0.4 is 0 Å². The smallest absolute Gasteiger partial charge is 0.276 e. The number of hydrogen-bond donors (Lipinski definition) is 2. The second-order valence-electron chi connectivity index (χ2n) is 3.74. The highest BCUT2D eigenvalue weighted by molar-refractivity contribution is 8.13. The van der Waals surface area contributed by atoms with Crippen LogP contribution in [-0.2, 0) is 4.79 Å². The molecule has 104 valence electrons. The predicted molar refractivity (Wildman–Crippen MR) is 72.2 cm³/mol. The third kappa shape index (κ3) is 4.17. The molecule has 1 aromatic carbocycles.